The van der Waals surface area contributed by atoms with E-state index in [2.05, 4.69) is 4.98 Å². The fourth-order valence-corrected chi connectivity index (χ4v) is 3.21. The average Bonchev–Trinajstić information content (AvgIpc) is 3.17. The Kier molecular flexibility index (Phi) is 5.08. The number of hydrogen-bond acceptors (Lipinski definition) is 5. The summed E-state index contributed by atoms with van der Waals surface area (Å²) in [5, 5.41) is 0.841. The van der Waals surface area contributed by atoms with Gasteiger partial charge >= 0.3 is 6.09 Å². The first-order chi connectivity index (χ1) is 11.9. The number of carbonyl (C=O) groups excluding carboxylic acids is 1. The van der Waals surface area contributed by atoms with Crippen LogP contribution in [0.15, 0.2) is 24.5 Å². The second-order valence-corrected chi connectivity index (χ2v) is 7.60. The maximum Gasteiger partial charge on any atom is 0.410 e. The molecule has 1 atom stereocenters. The first kappa shape index (κ1) is 17.8. The Labute approximate surface area is 150 Å². The van der Waals surface area contributed by atoms with Crippen molar-refractivity contribution < 1.29 is 18.2 Å². The molecule has 25 heavy (non-hydrogen) atoms. The largest absolute Gasteiger partial charge is 0.475 e. The molecule has 0 aromatic carbocycles. The molecule has 0 spiro atoms. The maximum atomic E-state index is 12.9. The van der Waals surface area contributed by atoms with E-state index in [-0.39, 0.29) is 24.5 Å². The number of likely N-dealkylation sites (tertiary alicyclic amines) is 1. The lowest BCUT2D eigenvalue weighted by Gasteiger charge is -2.28. The number of pyridine rings is 1. The highest BCUT2D eigenvalue weighted by Gasteiger charge is 2.32. The van der Waals surface area contributed by atoms with Crippen molar-refractivity contribution in [2.45, 2.75) is 45.3 Å². The molecule has 136 valence electrons. The molecule has 1 saturated heterocycles. The molecule has 0 radical (unpaired) electrons. The zero-order chi connectivity index (χ0) is 18.0. The standard InChI is InChI=1S/C17H22FN3O3S/c1-17(2,3)24-16(22)20-7-4-5-13(20)11-23-15-9-14-12(10-19-15)6-8-21(14)25-18/h6,8-10,13H,4-5,7,11H2,1-3H3. The van der Waals surface area contributed by atoms with Gasteiger partial charge in [-0.05, 0) is 39.7 Å². The van der Waals surface area contributed by atoms with Crippen molar-refractivity contribution in [2.75, 3.05) is 13.2 Å². The summed E-state index contributed by atoms with van der Waals surface area (Å²) < 4.78 is 25.5. The van der Waals surface area contributed by atoms with Crippen LogP contribution in [0.3, 0.4) is 0 Å². The average molecular weight is 367 g/mol. The zero-order valence-electron chi connectivity index (χ0n) is 14.6. The van der Waals surface area contributed by atoms with Gasteiger partial charge < -0.3 is 14.4 Å². The third kappa shape index (κ3) is 4.18. The Balaban J connectivity index is 1.65. The van der Waals surface area contributed by atoms with Gasteiger partial charge in [0.15, 0.2) is 12.3 Å². The van der Waals surface area contributed by atoms with Gasteiger partial charge in [0.1, 0.15) is 12.2 Å². The van der Waals surface area contributed by atoms with Crippen LogP contribution in [0.5, 0.6) is 5.88 Å². The molecule has 1 unspecified atom stereocenters. The van der Waals surface area contributed by atoms with Crippen molar-refractivity contribution in [1.29, 1.82) is 0 Å². The van der Waals surface area contributed by atoms with Crippen LogP contribution in [-0.2, 0) is 4.74 Å². The molecule has 1 aliphatic heterocycles. The van der Waals surface area contributed by atoms with E-state index < -0.39 is 5.60 Å². The molecule has 3 heterocycles. The van der Waals surface area contributed by atoms with E-state index in [1.807, 2.05) is 20.8 Å². The second-order valence-electron chi connectivity index (χ2n) is 7.07. The molecule has 0 saturated carbocycles. The van der Waals surface area contributed by atoms with Crippen molar-refractivity contribution >= 4 is 29.3 Å². The van der Waals surface area contributed by atoms with Crippen LogP contribution in [-0.4, -0.2) is 44.7 Å². The van der Waals surface area contributed by atoms with Crippen LogP contribution in [0.4, 0.5) is 8.68 Å². The Bertz CT molecular complexity index is 759. The van der Waals surface area contributed by atoms with E-state index in [1.165, 1.54) is 3.97 Å². The van der Waals surface area contributed by atoms with Crippen LogP contribution in [0, 0.1) is 0 Å². The van der Waals surface area contributed by atoms with Crippen LogP contribution < -0.4 is 4.74 Å². The number of rotatable bonds is 4. The smallest absolute Gasteiger partial charge is 0.410 e. The molecule has 0 N–H and O–H groups in total. The first-order valence-electron chi connectivity index (χ1n) is 8.26. The lowest BCUT2D eigenvalue weighted by atomic mass is 10.2. The Morgan fingerprint density at radius 1 is 1.48 bits per heavy atom. The lowest BCUT2D eigenvalue weighted by Crippen LogP contribution is -2.42. The van der Waals surface area contributed by atoms with Crippen molar-refractivity contribution in [1.82, 2.24) is 13.9 Å². The molecule has 0 aliphatic carbocycles. The van der Waals surface area contributed by atoms with Gasteiger partial charge in [-0.15, -0.1) is 3.89 Å². The molecule has 1 amide bonds. The minimum Gasteiger partial charge on any atom is -0.475 e. The summed E-state index contributed by atoms with van der Waals surface area (Å²) in [7, 11) is 0. The highest BCUT2D eigenvalue weighted by Crippen LogP contribution is 2.25. The van der Waals surface area contributed by atoms with Crippen molar-refractivity contribution in [3.05, 3.63) is 24.5 Å². The molecule has 1 fully saturated rings. The third-order valence-corrected chi connectivity index (χ3v) is 4.48. The third-order valence-electron chi connectivity index (χ3n) is 4.02. The quantitative estimate of drug-likeness (QED) is 0.811. The summed E-state index contributed by atoms with van der Waals surface area (Å²) in [5.74, 6) is 0.414. The maximum absolute atomic E-state index is 12.9. The van der Waals surface area contributed by atoms with E-state index in [0.717, 1.165) is 18.2 Å². The SMILES string of the molecule is CC(C)(C)OC(=O)N1CCCC1COc1cc2c(ccn2SF)cn1. The van der Waals surface area contributed by atoms with E-state index >= 15 is 0 Å². The van der Waals surface area contributed by atoms with Crippen LogP contribution >= 0.6 is 12.3 Å². The van der Waals surface area contributed by atoms with Crippen LogP contribution in [0.2, 0.25) is 0 Å². The Hall–Kier alpha value is -1.96. The molecular formula is C17H22FN3O3S. The number of carbonyl (C=O) groups is 1. The fraction of sp³-hybridized carbons (Fsp3) is 0.529. The van der Waals surface area contributed by atoms with Crippen LogP contribution in [0.1, 0.15) is 33.6 Å². The Morgan fingerprint density at radius 2 is 2.28 bits per heavy atom. The van der Waals surface area contributed by atoms with Gasteiger partial charge in [0, 0.05) is 30.4 Å². The van der Waals surface area contributed by atoms with Gasteiger partial charge in [-0.1, -0.05) is 0 Å². The first-order valence-corrected chi connectivity index (χ1v) is 8.93. The number of halogens is 1. The summed E-state index contributed by atoms with van der Waals surface area (Å²) >= 11 is 0.131. The number of ether oxygens (including phenoxy) is 2. The minimum absolute atomic E-state index is 0.0466. The Morgan fingerprint density at radius 3 is 3.00 bits per heavy atom. The van der Waals surface area contributed by atoms with E-state index in [4.69, 9.17) is 9.47 Å². The monoisotopic (exact) mass is 367 g/mol. The van der Waals surface area contributed by atoms with Crippen LogP contribution in [0.25, 0.3) is 10.9 Å². The predicted molar refractivity (Wildman–Crippen MR) is 95.3 cm³/mol. The summed E-state index contributed by atoms with van der Waals surface area (Å²) in [4.78, 5) is 18.2. The summed E-state index contributed by atoms with van der Waals surface area (Å²) in [5.41, 5.74) is 0.181. The normalized spacial score (nSPS) is 17.9. The number of nitrogens with zero attached hydrogens (tertiary/aromatic N) is 3. The number of fused-ring (bicyclic) bond motifs is 1. The minimum atomic E-state index is -0.521. The summed E-state index contributed by atoms with van der Waals surface area (Å²) in [6, 6.07) is 3.45. The molecule has 1 aliphatic rings. The second kappa shape index (κ2) is 7.11. The highest BCUT2D eigenvalue weighted by molar-refractivity contribution is 7.92. The molecule has 3 rings (SSSR count). The van der Waals surface area contributed by atoms with Gasteiger partial charge in [0.05, 0.1) is 11.6 Å². The summed E-state index contributed by atoms with van der Waals surface area (Å²) in [6.07, 6.45) is 4.75. The topological polar surface area (TPSA) is 56.6 Å². The van der Waals surface area contributed by atoms with Crippen molar-refractivity contribution in [3.63, 3.8) is 0 Å². The van der Waals surface area contributed by atoms with Gasteiger partial charge in [-0.25, -0.2) is 9.78 Å². The summed E-state index contributed by atoms with van der Waals surface area (Å²) in [6.45, 7) is 6.55. The zero-order valence-corrected chi connectivity index (χ0v) is 15.4. The van der Waals surface area contributed by atoms with Gasteiger partial charge in [0.2, 0.25) is 5.88 Å². The molecular weight excluding hydrogens is 345 g/mol. The lowest BCUT2D eigenvalue weighted by molar-refractivity contribution is 0.0186. The van der Waals surface area contributed by atoms with Crippen molar-refractivity contribution in [3.8, 4) is 5.88 Å². The fourth-order valence-electron chi connectivity index (χ4n) is 2.88. The molecule has 0 bridgehead atoms. The van der Waals surface area contributed by atoms with Gasteiger partial charge in [0.25, 0.3) is 0 Å². The van der Waals surface area contributed by atoms with Gasteiger partial charge in [-0.2, -0.15) is 0 Å². The predicted octanol–water partition coefficient (Wildman–Crippen LogP) is 4.20. The van der Waals surface area contributed by atoms with E-state index in [1.54, 1.807) is 29.4 Å². The van der Waals surface area contributed by atoms with E-state index in [9.17, 15) is 8.68 Å². The highest BCUT2D eigenvalue weighted by atomic mass is 32.2. The van der Waals surface area contributed by atoms with E-state index in [0.29, 0.717) is 24.5 Å². The molecule has 8 heteroatoms. The number of amides is 1. The number of aromatic nitrogens is 2. The molecule has 6 nitrogen and oxygen atoms in total. The number of hydrogen-bond donors (Lipinski definition) is 0. The van der Waals surface area contributed by atoms with Gasteiger partial charge in [-0.3, -0.25) is 3.97 Å². The van der Waals surface area contributed by atoms with Crippen molar-refractivity contribution in [2.24, 2.45) is 0 Å². The molecule has 2 aromatic heterocycles. The molecule has 2 aromatic rings.